The van der Waals surface area contributed by atoms with Gasteiger partial charge in [0.1, 0.15) is 12.3 Å². The molecule has 1 amide bonds. The number of amides is 1. The van der Waals surface area contributed by atoms with E-state index in [9.17, 15) is 4.79 Å². The molecule has 0 bridgehead atoms. The molecule has 2 N–H and O–H groups in total. The van der Waals surface area contributed by atoms with Crippen molar-refractivity contribution < 1.29 is 9.53 Å². The van der Waals surface area contributed by atoms with Crippen LogP contribution in [0.1, 0.15) is 5.56 Å². The van der Waals surface area contributed by atoms with Crippen molar-refractivity contribution in [2.75, 3.05) is 52.8 Å². The zero-order chi connectivity index (χ0) is 18.7. The normalized spacial score (nSPS) is 11.2. The molecule has 0 aliphatic carbocycles. The van der Waals surface area contributed by atoms with Gasteiger partial charge in [-0.3, -0.25) is 4.79 Å². The van der Waals surface area contributed by atoms with Crippen LogP contribution in [0.5, 0.6) is 5.75 Å². The third-order valence-electron chi connectivity index (χ3n) is 3.42. The van der Waals surface area contributed by atoms with Crippen LogP contribution >= 0.6 is 23.4 Å². The van der Waals surface area contributed by atoms with Gasteiger partial charge in [0, 0.05) is 38.0 Å². The number of carbonyl (C=O) groups is 1. The van der Waals surface area contributed by atoms with Crippen molar-refractivity contribution in [2.24, 2.45) is 4.99 Å². The number of benzene rings is 1. The number of likely N-dealkylation sites (N-methyl/N-ethyl adjacent to an activating group) is 1. The summed E-state index contributed by atoms with van der Waals surface area (Å²) in [6, 6.07) is 5.65. The molecular weight excluding hydrogens is 360 g/mol. The Morgan fingerprint density at radius 1 is 1.32 bits per heavy atom. The Morgan fingerprint density at radius 3 is 2.64 bits per heavy atom. The highest BCUT2D eigenvalue weighted by atomic mass is 35.5. The number of ether oxygens (including phenoxy) is 1. The quantitative estimate of drug-likeness (QED) is 0.385. The first-order valence-electron chi connectivity index (χ1n) is 8.01. The molecule has 0 unspecified atom stereocenters. The number of halogens is 1. The first kappa shape index (κ1) is 21.4. The lowest BCUT2D eigenvalue weighted by molar-refractivity contribution is -0.127. The standard InChI is InChI=1S/C17H27ClN4O2S/c1-22(2)16(23)12-21-17(20-9-10-25-4)19-8-7-13-5-6-14(24-3)11-15(13)18/h5-6,11H,7-10,12H2,1-4H3,(H2,19,20,21). The average Bonchev–Trinajstić information content (AvgIpc) is 2.60. The van der Waals surface area contributed by atoms with E-state index in [0.29, 0.717) is 17.5 Å². The minimum absolute atomic E-state index is 0.0378. The van der Waals surface area contributed by atoms with E-state index < -0.39 is 0 Å². The molecule has 25 heavy (non-hydrogen) atoms. The fourth-order valence-electron chi connectivity index (χ4n) is 1.91. The Kier molecular flexibility index (Phi) is 10.2. The van der Waals surface area contributed by atoms with Crippen LogP contribution in [0.15, 0.2) is 23.2 Å². The fourth-order valence-corrected chi connectivity index (χ4v) is 2.48. The van der Waals surface area contributed by atoms with Crippen molar-refractivity contribution in [3.05, 3.63) is 28.8 Å². The maximum Gasteiger partial charge on any atom is 0.243 e. The van der Waals surface area contributed by atoms with E-state index in [0.717, 1.165) is 30.0 Å². The molecular formula is C17H27ClN4O2S. The highest BCUT2D eigenvalue weighted by Gasteiger charge is 2.06. The molecule has 0 fully saturated rings. The smallest absolute Gasteiger partial charge is 0.243 e. The van der Waals surface area contributed by atoms with Gasteiger partial charge in [-0.15, -0.1) is 0 Å². The van der Waals surface area contributed by atoms with Gasteiger partial charge in [0.05, 0.1) is 7.11 Å². The van der Waals surface area contributed by atoms with Crippen LogP contribution in [0, 0.1) is 0 Å². The number of methoxy groups -OCH3 is 1. The summed E-state index contributed by atoms with van der Waals surface area (Å²) in [6.45, 7) is 1.56. The molecule has 0 aliphatic rings. The lowest BCUT2D eigenvalue weighted by Crippen LogP contribution is -2.40. The monoisotopic (exact) mass is 386 g/mol. The number of guanidine groups is 1. The summed E-state index contributed by atoms with van der Waals surface area (Å²) < 4.78 is 5.15. The number of aliphatic imine (C=N–C) groups is 1. The van der Waals surface area contributed by atoms with Crippen LogP contribution in [0.25, 0.3) is 0 Å². The van der Waals surface area contributed by atoms with Crippen molar-refractivity contribution in [3.8, 4) is 5.75 Å². The van der Waals surface area contributed by atoms with Gasteiger partial charge in [0.15, 0.2) is 5.96 Å². The molecule has 0 saturated heterocycles. The molecule has 8 heteroatoms. The number of rotatable bonds is 9. The third-order valence-corrected chi connectivity index (χ3v) is 4.38. The minimum Gasteiger partial charge on any atom is -0.497 e. The number of carbonyl (C=O) groups excluding carboxylic acids is 1. The number of hydrogen-bond acceptors (Lipinski definition) is 4. The second-order valence-corrected chi connectivity index (χ2v) is 6.90. The van der Waals surface area contributed by atoms with Crippen LogP contribution in [0.4, 0.5) is 0 Å². The van der Waals surface area contributed by atoms with Gasteiger partial charge in [0.25, 0.3) is 0 Å². The molecule has 0 aliphatic heterocycles. The van der Waals surface area contributed by atoms with Gasteiger partial charge in [-0.2, -0.15) is 11.8 Å². The molecule has 0 radical (unpaired) electrons. The van der Waals surface area contributed by atoms with Gasteiger partial charge in [0.2, 0.25) is 5.91 Å². The van der Waals surface area contributed by atoms with Crippen molar-refractivity contribution in [1.82, 2.24) is 15.5 Å². The Hall–Kier alpha value is -1.60. The Balaban J connectivity index is 2.58. The van der Waals surface area contributed by atoms with Crippen molar-refractivity contribution in [2.45, 2.75) is 6.42 Å². The molecule has 0 heterocycles. The summed E-state index contributed by atoms with van der Waals surface area (Å²) >= 11 is 8.01. The predicted octanol–water partition coefficient (Wildman–Crippen LogP) is 1.88. The summed E-state index contributed by atoms with van der Waals surface area (Å²) in [6.07, 6.45) is 2.79. The van der Waals surface area contributed by atoms with Gasteiger partial charge in [-0.25, -0.2) is 4.99 Å². The molecule has 1 aromatic rings. The summed E-state index contributed by atoms with van der Waals surface area (Å²) in [5.41, 5.74) is 1.03. The molecule has 0 aromatic heterocycles. The Morgan fingerprint density at radius 2 is 2.04 bits per heavy atom. The Labute approximate surface area is 159 Å². The number of nitrogens with zero attached hydrogens (tertiary/aromatic N) is 2. The summed E-state index contributed by atoms with van der Waals surface area (Å²) in [5.74, 6) is 2.30. The topological polar surface area (TPSA) is 66.0 Å². The SMILES string of the molecule is COc1ccc(CCNC(=NCC(=O)N(C)C)NCCSC)c(Cl)c1. The highest BCUT2D eigenvalue weighted by molar-refractivity contribution is 7.98. The van der Waals surface area contributed by atoms with E-state index in [1.807, 2.05) is 18.4 Å². The van der Waals surface area contributed by atoms with Gasteiger partial charge < -0.3 is 20.3 Å². The Bertz CT molecular complexity index is 582. The van der Waals surface area contributed by atoms with Gasteiger partial charge in [-0.05, 0) is 30.4 Å². The van der Waals surface area contributed by atoms with E-state index >= 15 is 0 Å². The second kappa shape index (κ2) is 11.9. The van der Waals surface area contributed by atoms with Gasteiger partial charge >= 0.3 is 0 Å². The van der Waals surface area contributed by atoms with Crippen molar-refractivity contribution in [1.29, 1.82) is 0 Å². The zero-order valence-electron chi connectivity index (χ0n) is 15.3. The predicted molar refractivity (Wildman–Crippen MR) is 107 cm³/mol. The third kappa shape index (κ3) is 8.36. The molecule has 0 atom stereocenters. The maximum absolute atomic E-state index is 11.7. The van der Waals surface area contributed by atoms with Crippen molar-refractivity contribution in [3.63, 3.8) is 0 Å². The van der Waals surface area contributed by atoms with Crippen LogP contribution < -0.4 is 15.4 Å². The fraction of sp³-hybridized carbons (Fsp3) is 0.529. The number of hydrogen-bond donors (Lipinski definition) is 2. The summed E-state index contributed by atoms with van der Waals surface area (Å²) in [7, 11) is 5.06. The first-order chi connectivity index (χ1) is 12.0. The lowest BCUT2D eigenvalue weighted by Gasteiger charge is -2.14. The number of nitrogens with one attached hydrogen (secondary N) is 2. The average molecular weight is 387 g/mol. The number of thioether (sulfide) groups is 1. The lowest BCUT2D eigenvalue weighted by atomic mass is 10.1. The summed E-state index contributed by atoms with van der Waals surface area (Å²) in [5, 5.41) is 7.15. The van der Waals surface area contributed by atoms with Crippen LogP contribution in [-0.4, -0.2) is 69.6 Å². The van der Waals surface area contributed by atoms with E-state index in [2.05, 4.69) is 15.6 Å². The molecule has 140 valence electrons. The minimum atomic E-state index is -0.0378. The van der Waals surface area contributed by atoms with Crippen LogP contribution in [-0.2, 0) is 11.2 Å². The van der Waals surface area contributed by atoms with Gasteiger partial charge in [-0.1, -0.05) is 17.7 Å². The van der Waals surface area contributed by atoms with E-state index in [1.54, 1.807) is 39.0 Å². The van der Waals surface area contributed by atoms with E-state index in [1.165, 1.54) is 4.90 Å². The molecule has 0 spiro atoms. The molecule has 6 nitrogen and oxygen atoms in total. The summed E-state index contributed by atoms with van der Waals surface area (Å²) in [4.78, 5) is 17.6. The first-order valence-corrected chi connectivity index (χ1v) is 9.78. The largest absolute Gasteiger partial charge is 0.497 e. The van der Waals surface area contributed by atoms with Crippen molar-refractivity contribution >= 4 is 35.2 Å². The van der Waals surface area contributed by atoms with Crippen LogP contribution in [0.3, 0.4) is 0 Å². The maximum atomic E-state index is 11.7. The highest BCUT2D eigenvalue weighted by Crippen LogP contribution is 2.22. The second-order valence-electron chi connectivity index (χ2n) is 5.51. The molecule has 1 aromatic carbocycles. The zero-order valence-corrected chi connectivity index (χ0v) is 16.8. The van der Waals surface area contributed by atoms with E-state index in [-0.39, 0.29) is 12.5 Å². The molecule has 0 saturated carbocycles. The van der Waals surface area contributed by atoms with E-state index in [4.69, 9.17) is 16.3 Å². The molecule has 1 rings (SSSR count). The van der Waals surface area contributed by atoms with Crippen LogP contribution in [0.2, 0.25) is 5.02 Å².